The van der Waals surface area contributed by atoms with E-state index in [-0.39, 0.29) is 30.5 Å². The zero-order chi connectivity index (χ0) is 19.4. The van der Waals surface area contributed by atoms with E-state index in [2.05, 4.69) is 4.99 Å². The molecule has 28 heavy (non-hydrogen) atoms. The number of carbonyl (C=O) groups is 1. The van der Waals surface area contributed by atoms with Crippen LogP contribution in [-0.4, -0.2) is 44.7 Å². The molecule has 7 heteroatoms. The van der Waals surface area contributed by atoms with Crippen molar-refractivity contribution in [1.82, 2.24) is 0 Å². The predicted molar refractivity (Wildman–Crippen MR) is 109 cm³/mol. The van der Waals surface area contributed by atoms with Crippen LogP contribution in [0, 0.1) is 0 Å². The van der Waals surface area contributed by atoms with Gasteiger partial charge in [-0.05, 0) is 29.2 Å². The van der Waals surface area contributed by atoms with Crippen molar-refractivity contribution in [3.63, 3.8) is 0 Å². The van der Waals surface area contributed by atoms with E-state index in [9.17, 15) is 9.90 Å². The number of carbonyl (C=O) groups excluding carboxylic acids is 1. The van der Waals surface area contributed by atoms with E-state index in [4.69, 9.17) is 14.2 Å². The van der Waals surface area contributed by atoms with Gasteiger partial charge in [-0.15, -0.1) is 12.4 Å². The van der Waals surface area contributed by atoms with Crippen LogP contribution in [0.25, 0.3) is 0 Å². The van der Waals surface area contributed by atoms with Gasteiger partial charge in [0.05, 0.1) is 33.5 Å². The van der Waals surface area contributed by atoms with Crippen LogP contribution < -0.4 is 9.47 Å². The summed E-state index contributed by atoms with van der Waals surface area (Å²) >= 11 is 0. The van der Waals surface area contributed by atoms with Crippen molar-refractivity contribution in [3.8, 4) is 17.2 Å². The minimum absolute atomic E-state index is 0. The van der Waals surface area contributed by atoms with E-state index in [0.717, 1.165) is 28.8 Å². The fourth-order valence-electron chi connectivity index (χ4n) is 3.39. The predicted octanol–water partition coefficient (Wildman–Crippen LogP) is 3.13. The van der Waals surface area contributed by atoms with E-state index in [1.165, 1.54) is 14.2 Å². The van der Waals surface area contributed by atoms with Crippen LogP contribution in [0.1, 0.15) is 22.3 Å². The zero-order valence-corrected chi connectivity index (χ0v) is 17.0. The molecule has 6 nitrogen and oxygen atoms in total. The SMILES string of the molecule is COC(=O)Cc1ccccc1CC1=NCCc2cc(OC)c(OC)c(O)c21.Cl. The summed E-state index contributed by atoms with van der Waals surface area (Å²) in [5.74, 6) is 0.549. The van der Waals surface area contributed by atoms with Gasteiger partial charge >= 0.3 is 5.97 Å². The van der Waals surface area contributed by atoms with Gasteiger partial charge in [0.15, 0.2) is 11.5 Å². The maximum absolute atomic E-state index is 11.7. The van der Waals surface area contributed by atoms with Crippen molar-refractivity contribution in [2.45, 2.75) is 19.3 Å². The summed E-state index contributed by atoms with van der Waals surface area (Å²) in [6.07, 6.45) is 1.42. The molecule has 0 spiro atoms. The highest BCUT2D eigenvalue weighted by Crippen LogP contribution is 2.43. The number of ether oxygens (including phenoxy) is 3. The smallest absolute Gasteiger partial charge is 0.309 e. The lowest BCUT2D eigenvalue weighted by Gasteiger charge is -2.22. The van der Waals surface area contributed by atoms with Crippen LogP contribution in [0.3, 0.4) is 0 Å². The Morgan fingerprint density at radius 2 is 1.86 bits per heavy atom. The number of fused-ring (bicyclic) bond motifs is 1. The third kappa shape index (κ3) is 4.22. The molecule has 0 unspecified atom stereocenters. The minimum atomic E-state index is -0.289. The summed E-state index contributed by atoms with van der Waals surface area (Å²) in [5.41, 5.74) is 4.29. The maximum atomic E-state index is 11.7. The Morgan fingerprint density at radius 3 is 2.50 bits per heavy atom. The molecule has 3 rings (SSSR count). The first-order valence-electron chi connectivity index (χ1n) is 8.73. The second-order valence-corrected chi connectivity index (χ2v) is 6.27. The summed E-state index contributed by atoms with van der Waals surface area (Å²) in [4.78, 5) is 16.4. The normalized spacial score (nSPS) is 12.3. The van der Waals surface area contributed by atoms with Gasteiger partial charge in [0.2, 0.25) is 5.75 Å². The molecule has 0 bridgehead atoms. The summed E-state index contributed by atoms with van der Waals surface area (Å²) in [6.45, 7) is 0.635. The minimum Gasteiger partial charge on any atom is -0.504 e. The third-order valence-corrected chi connectivity index (χ3v) is 4.74. The number of aromatic hydroxyl groups is 1. The highest BCUT2D eigenvalue weighted by atomic mass is 35.5. The fourth-order valence-corrected chi connectivity index (χ4v) is 3.39. The van der Waals surface area contributed by atoms with Gasteiger partial charge in [-0.1, -0.05) is 24.3 Å². The van der Waals surface area contributed by atoms with E-state index in [1.54, 1.807) is 7.11 Å². The first-order chi connectivity index (χ1) is 13.1. The molecular formula is C21H24ClNO5. The lowest BCUT2D eigenvalue weighted by atomic mass is 9.90. The molecule has 1 aliphatic rings. The number of phenolic OH excluding ortho intramolecular Hbond substituents is 1. The molecule has 0 atom stereocenters. The standard InChI is InChI=1S/C21H23NO5.ClH/c1-25-17-11-15-8-9-22-16(19(15)20(24)21(17)27-3)10-13-6-4-5-7-14(13)12-18(23)26-2;/h4-7,11,24H,8-10,12H2,1-3H3;1H. The second kappa shape index (κ2) is 9.46. The monoisotopic (exact) mass is 405 g/mol. The Balaban J connectivity index is 0.00000280. The van der Waals surface area contributed by atoms with Crippen LogP contribution in [0.2, 0.25) is 0 Å². The summed E-state index contributed by atoms with van der Waals surface area (Å²) in [5, 5.41) is 10.8. The quantitative estimate of drug-likeness (QED) is 0.747. The van der Waals surface area contributed by atoms with Gasteiger partial charge in [-0.3, -0.25) is 9.79 Å². The van der Waals surface area contributed by atoms with Crippen molar-refractivity contribution < 1.29 is 24.1 Å². The third-order valence-electron chi connectivity index (χ3n) is 4.74. The van der Waals surface area contributed by atoms with Gasteiger partial charge < -0.3 is 19.3 Å². The summed E-state index contributed by atoms with van der Waals surface area (Å²) < 4.78 is 15.5. The number of esters is 1. The number of hydrogen-bond acceptors (Lipinski definition) is 6. The molecule has 150 valence electrons. The average molecular weight is 406 g/mol. The van der Waals surface area contributed by atoms with E-state index in [1.807, 2.05) is 30.3 Å². The van der Waals surface area contributed by atoms with Crippen LogP contribution >= 0.6 is 12.4 Å². The van der Waals surface area contributed by atoms with Gasteiger partial charge in [0, 0.05) is 18.5 Å². The molecule has 1 N–H and O–H groups in total. The largest absolute Gasteiger partial charge is 0.504 e. The lowest BCUT2D eigenvalue weighted by Crippen LogP contribution is -2.17. The first kappa shape index (κ1) is 21.6. The topological polar surface area (TPSA) is 77.4 Å². The van der Waals surface area contributed by atoms with Crippen LogP contribution in [0.4, 0.5) is 0 Å². The number of rotatable bonds is 6. The Hall–Kier alpha value is -2.73. The fraction of sp³-hybridized carbons (Fsp3) is 0.333. The number of methoxy groups -OCH3 is 3. The Morgan fingerprint density at radius 1 is 1.14 bits per heavy atom. The highest BCUT2D eigenvalue weighted by molar-refractivity contribution is 6.07. The van der Waals surface area contributed by atoms with E-state index >= 15 is 0 Å². The average Bonchev–Trinajstić information content (AvgIpc) is 2.69. The number of benzene rings is 2. The Kier molecular flexibility index (Phi) is 7.29. The molecule has 0 saturated heterocycles. The summed E-state index contributed by atoms with van der Waals surface area (Å²) in [7, 11) is 4.42. The van der Waals surface area contributed by atoms with Crippen molar-refractivity contribution in [2.75, 3.05) is 27.9 Å². The first-order valence-corrected chi connectivity index (χ1v) is 8.73. The second-order valence-electron chi connectivity index (χ2n) is 6.27. The van der Waals surface area contributed by atoms with Crippen molar-refractivity contribution in [3.05, 3.63) is 52.6 Å². The van der Waals surface area contributed by atoms with Crippen LogP contribution in [0.5, 0.6) is 17.2 Å². The van der Waals surface area contributed by atoms with Crippen molar-refractivity contribution >= 4 is 24.1 Å². The molecule has 0 amide bonds. The molecule has 0 fully saturated rings. The molecule has 1 heterocycles. The van der Waals surface area contributed by atoms with Crippen LogP contribution in [-0.2, 0) is 28.8 Å². The van der Waals surface area contributed by atoms with Gasteiger partial charge in [0.25, 0.3) is 0 Å². The van der Waals surface area contributed by atoms with Crippen molar-refractivity contribution in [1.29, 1.82) is 0 Å². The van der Waals surface area contributed by atoms with E-state index in [0.29, 0.717) is 30.0 Å². The number of aliphatic imine (C=N–C) groups is 1. The zero-order valence-electron chi connectivity index (χ0n) is 16.2. The molecule has 0 aromatic heterocycles. The number of nitrogens with zero attached hydrogens (tertiary/aromatic N) is 1. The highest BCUT2D eigenvalue weighted by Gasteiger charge is 2.25. The van der Waals surface area contributed by atoms with Crippen molar-refractivity contribution in [2.24, 2.45) is 4.99 Å². The summed E-state index contributed by atoms with van der Waals surface area (Å²) in [6, 6.07) is 9.58. The molecule has 1 aliphatic heterocycles. The van der Waals surface area contributed by atoms with Gasteiger partial charge in [-0.25, -0.2) is 0 Å². The molecule has 0 saturated carbocycles. The molecule has 0 radical (unpaired) electrons. The van der Waals surface area contributed by atoms with Gasteiger partial charge in [0.1, 0.15) is 0 Å². The van der Waals surface area contributed by atoms with E-state index < -0.39 is 0 Å². The lowest BCUT2D eigenvalue weighted by molar-refractivity contribution is -0.139. The van der Waals surface area contributed by atoms with Crippen LogP contribution in [0.15, 0.2) is 35.3 Å². The molecular weight excluding hydrogens is 382 g/mol. The maximum Gasteiger partial charge on any atom is 0.309 e. The Bertz CT molecular complexity index is 895. The molecule has 0 aliphatic carbocycles. The van der Waals surface area contributed by atoms with Gasteiger partial charge in [-0.2, -0.15) is 0 Å². The molecule has 2 aromatic carbocycles. The number of hydrogen-bond donors (Lipinski definition) is 1. The number of phenols is 1. The Labute approximate surface area is 170 Å². The number of halogens is 1. The molecule has 2 aromatic rings.